The van der Waals surface area contributed by atoms with Gasteiger partial charge in [0.05, 0.1) is 42.8 Å². The second-order valence-corrected chi connectivity index (χ2v) is 17.8. The van der Waals surface area contributed by atoms with E-state index in [2.05, 4.69) is 25.7 Å². The number of fused-ring (bicyclic) bond motifs is 1. The van der Waals surface area contributed by atoms with Crippen LogP contribution in [0.25, 0.3) is 10.8 Å². The van der Waals surface area contributed by atoms with Gasteiger partial charge in [-0.3, -0.25) is 9.29 Å². The predicted molar refractivity (Wildman–Crippen MR) is 223 cm³/mol. The predicted octanol–water partition coefficient (Wildman–Crippen LogP) is 8.32. The molecule has 0 bridgehead atoms. The van der Waals surface area contributed by atoms with E-state index in [4.69, 9.17) is 14.2 Å². The second kappa shape index (κ2) is 16.0. The molecule has 290 valence electrons. The molecule has 5 aromatic carbocycles. The van der Waals surface area contributed by atoms with Crippen molar-refractivity contribution in [2.75, 3.05) is 41.1 Å². The van der Waals surface area contributed by atoms with Gasteiger partial charge in [0.15, 0.2) is 5.75 Å². The molecular weight excluding hydrogens is 754 g/mol. The lowest BCUT2D eigenvalue weighted by atomic mass is 9.86. The lowest BCUT2D eigenvalue weighted by Crippen LogP contribution is -2.22. The van der Waals surface area contributed by atoms with E-state index in [0.717, 1.165) is 17.2 Å². The molecule has 0 saturated heterocycles. The van der Waals surface area contributed by atoms with Crippen LogP contribution in [0.3, 0.4) is 0 Å². The number of carbonyl (C=O) groups excluding carboxylic acids is 1. The first-order chi connectivity index (χ1) is 26.6. The standard InChI is InChI=1S/C41H42N5O8PS/c1-41(2,3)26-22-33(39(53-5)34(23-26)46-56(6,50)51)45-40(47)44-32-17-18-35(31-15-11-10-14-30(31)32)54-28-20-21-42-38(25-28)43-27-16-19-37(36(24-27)52-4)55(48,49)29-12-8-7-9-13-29/h7-25,46H,1-6H3,(H,42,43)(H,48,49)(H2,44,45,47). The molecule has 13 nitrogen and oxygen atoms in total. The van der Waals surface area contributed by atoms with E-state index in [0.29, 0.717) is 39.4 Å². The summed E-state index contributed by atoms with van der Waals surface area (Å²) in [5.41, 5.74) is 1.96. The minimum atomic E-state index is -3.91. The van der Waals surface area contributed by atoms with E-state index in [1.54, 1.807) is 91.1 Å². The van der Waals surface area contributed by atoms with Crippen LogP contribution in [0, 0.1) is 0 Å². The van der Waals surface area contributed by atoms with Crippen LogP contribution in [0.4, 0.5) is 33.4 Å². The molecule has 1 aromatic heterocycles. The first kappa shape index (κ1) is 39.6. The molecule has 0 aliphatic carbocycles. The highest BCUT2D eigenvalue weighted by molar-refractivity contribution is 7.92. The fourth-order valence-corrected chi connectivity index (χ4v) is 8.12. The quantitative estimate of drug-likeness (QED) is 0.0757. The lowest BCUT2D eigenvalue weighted by molar-refractivity contribution is 0.262. The number of carbonyl (C=O) groups is 1. The normalized spacial score (nSPS) is 12.6. The van der Waals surface area contributed by atoms with Crippen molar-refractivity contribution in [3.8, 4) is 23.0 Å². The monoisotopic (exact) mass is 795 g/mol. The van der Waals surface area contributed by atoms with Gasteiger partial charge in [-0.2, -0.15) is 0 Å². The zero-order valence-corrected chi connectivity index (χ0v) is 33.3. The Bertz CT molecular complexity index is 2580. The van der Waals surface area contributed by atoms with E-state index in [-0.39, 0.29) is 33.6 Å². The summed E-state index contributed by atoms with van der Waals surface area (Å²) in [5.74, 6) is 1.85. The largest absolute Gasteiger partial charge is 0.496 e. The molecule has 0 spiro atoms. The van der Waals surface area contributed by atoms with Gasteiger partial charge in [-0.25, -0.2) is 18.2 Å². The van der Waals surface area contributed by atoms with Gasteiger partial charge in [-0.15, -0.1) is 0 Å². The van der Waals surface area contributed by atoms with E-state index in [9.17, 15) is 22.7 Å². The van der Waals surface area contributed by atoms with Crippen LogP contribution in [0.5, 0.6) is 23.0 Å². The number of methoxy groups -OCH3 is 2. The number of pyridine rings is 1. The highest BCUT2D eigenvalue weighted by atomic mass is 32.2. The Morgan fingerprint density at radius 2 is 1.45 bits per heavy atom. The smallest absolute Gasteiger partial charge is 0.323 e. The molecule has 6 aromatic rings. The zero-order valence-electron chi connectivity index (χ0n) is 31.6. The SMILES string of the molecule is COc1cc(Nc2cc(Oc3ccc(NC(=O)Nc4cc(C(C)(C)C)cc(NS(C)(=O)=O)c4OC)c4ccccc34)ccn2)ccc1P(=O)(O)c1ccccc1. The molecule has 15 heteroatoms. The third-order valence-corrected chi connectivity index (χ3v) is 11.3. The van der Waals surface area contributed by atoms with Gasteiger partial charge in [0.2, 0.25) is 10.0 Å². The van der Waals surface area contributed by atoms with Crippen LogP contribution in [0.2, 0.25) is 0 Å². The fraction of sp³-hybridized carbons (Fsp3) is 0.171. The number of urea groups is 1. The zero-order chi connectivity index (χ0) is 40.3. The molecule has 1 atom stereocenters. The van der Waals surface area contributed by atoms with Crippen LogP contribution in [0.15, 0.2) is 115 Å². The third kappa shape index (κ3) is 9.06. The van der Waals surface area contributed by atoms with E-state index >= 15 is 0 Å². The Balaban J connectivity index is 1.22. The number of hydrogen-bond acceptors (Lipinski definition) is 9. The summed E-state index contributed by atoms with van der Waals surface area (Å²) in [6, 6.07) is 30.5. The molecular formula is C41H42N5O8PS. The summed E-state index contributed by atoms with van der Waals surface area (Å²) in [7, 11) is -4.72. The van der Waals surface area contributed by atoms with Crippen LogP contribution in [-0.2, 0) is 20.0 Å². The number of aromatic nitrogens is 1. The molecule has 2 amide bonds. The fourth-order valence-electron chi connectivity index (χ4n) is 5.99. The van der Waals surface area contributed by atoms with Crippen molar-refractivity contribution in [2.24, 2.45) is 0 Å². The van der Waals surface area contributed by atoms with Gasteiger partial charge in [0, 0.05) is 40.1 Å². The lowest BCUT2D eigenvalue weighted by Gasteiger charge is -2.24. The summed E-state index contributed by atoms with van der Waals surface area (Å²) in [6.45, 7) is 5.93. The molecule has 1 heterocycles. The molecule has 6 rings (SSSR count). The van der Waals surface area contributed by atoms with Crippen LogP contribution < -0.4 is 45.5 Å². The maximum Gasteiger partial charge on any atom is 0.323 e. The van der Waals surface area contributed by atoms with E-state index < -0.39 is 23.4 Å². The number of benzene rings is 5. The van der Waals surface area contributed by atoms with Crippen molar-refractivity contribution in [1.82, 2.24) is 4.98 Å². The Morgan fingerprint density at radius 1 is 0.768 bits per heavy atom. The molecule has 0 fully saturated rings. The first-order valence-electron chi connectivity index (χ1n) is 17.3. The first-order valence-corrected chi connectivity index (χ1v) is 20.9. The van der Waals surface area contributed by atoms with Crippen LogP contribution in [0.1, 0.15) is 26.3 Å². The molecule has 56 heavy (non-hydrogen) atoms. The molecule has 1 unspecified atom stereocenters. The third-order valence-electron chi connectivity index (χ3n) is 8.68. The molecule has 0 radical (unpaired) electrons. The summed E-state index contributed by atoms with van der Waals surface area (Å²) in [4.78, 5) is 28.9. The van der Waals surface area contributed by atoms with Crippen molar-refractivity contribution >= 4 is 73.4 Å². The van der Waals surface area contributed by atoms with Crippen LogP contribution in [-0.4, -0.2) is 44.8 Å². The van der Waals surface area contributed by atoms with Crippen molar-refractivity contribution in [1.29, 1.82) is 0 Å². The number of anilines is 5. The highest BCUT2D eigenvalue weighted by Crippen LogP contribution is 2.43. The van der Waals surface area contributed by atoms with Gasteiger partial charge in [-0.05, 0) is 65.6 Å². The van der Waals surface area contributed by atoms with E-state index in [1.165, 1.54) is 14.2 Å². The van der Waals surface area contributed by atoms with Crippen molar-refractivity contribution in [3.05, 3.63) is 121 Å². The Kier molecular flexibility index (Phi) is 11.3. The molecule has 5 N–H and O–H groups in total. The molecule has 0 aliphatic heterocycles. The maximum absolute atomic E-state index is 13.5. The number of nitrogens with one attached hydrogen (secondary N) is 4. The average molecular weight is 796 g/mol. The number of ether oxygens (including phenoxy) is 3. The molecule has 0 saturated carbocycles. The maximum atomic E-state index is 13.5. The van der Waals surface area contributed by atoms with Gasteiger partial charge < -0.3 is 35.1 Å². The summed E-state index contributed by atoms with van der Waals surface area (Å²) < 4.78 is 57.6. The minimum absolute atomic E-state index is 0.161. The number of hydrogen-bond donors (Lipinski definition) is 5. The Labute approximate surface area is 325 Å². The van der Waals surface area contributed by atoms with Crippen molar-refractivity contribution in [3.63, 3.8) is 0 Å². The number of amides is 2. The number of nitrogens with zero attached hydrogens (tertiary/aromatic N) is 1. The van der Waals surface area contributed by atoms with Gasteiger partial charge in [-0.1, -0.05) is 63.2 Å². The topological polar surface area (TPSA) is 177 Å². The summed E-state index contributed by atoms with van der Waals surface area (Å²) in [5, 5.41) is 10.8. The number of rotatable bonds is 12. The van der Waals surface area contributed by atoms with Crippen molar-refractivity contribution in [2.45, 2.75) is 26.2 Å². The molecule has 0 aliphatic rings. The highest BCUT2D eigenvalue weighted by Gasteiger charge is 2.28. The van der Waals surface area contributed by atoms with Gasteiger partial charge in [0.25, 0.3) is 7.37 Å². The Morgan fingerprint density at radius 3 is 2.12 bits per heavy atom. The summed E-state index contributed by atoms with van der Waals surface area (Å²) >= 11 is 0. The Hall–Kier alpha value is -6.08. The second-order valence-electron chi connectivity index (χ2n) is 13.9. The number of sulfonamides is 1. The van der Waals surface area contributed by atoms with Crippen molar-refractivity contribution < 1.29 is 36.9 Å². The van der Waals surface area contributed by atoms with Crippen LogP contribution >= 0.6 is 7.37 Å². The van der Waals surface area contributed by atoms with Gasteiger partial charge >= 0.3 is 6.03 Å². The van der Waals surface area contributed by atoms with Gasteiger partial charge in [0.1, 0.15) is 23.1 Å². The van der Waals surface area contributed by atoms with E-state index in [1.807, 2.05) is 45.0 Å². The summed E-state index contributed by atoms with van der Waals surface area (Å²) in [6.07, 6.45) is 2.63. The minimum Gasteiger partial charge on any atom is -0.496 e. The average Bonchev–Trinajstić information content (AvgIpc) is 3.15.